The lowest BCUT2D eigenvalue weighted by Gasteiger charge is -2.12. The fourth-order valence-corrected chi connectivity index (χ4v) is 5.54. The van der Waals surface area contributed by atoms with Crippen LogP contribution in [0.1, 0.15) is 0 Å². The zero-order valence-electron chi connectivity index (χ0n) is 22.2. The van der Waals surface area contributed by atoms with Crippen LogP contribution in [0.15, 0.2) is 152 Å². The lowest BCUT2D eigenvalue weighted by atomic mass is 9.96. The molecule has 0 bridgehead atoms. The molecule has 0 aliphatic rings. The molecule has 7 aromatic rings. The van der Waals surface area contributed by atoms with E-state index in [9.17, 15) is 0 Å². The van der Waals surface area contributed by atoms with Crippen molar-refractivity contribution >= 4 is 22.4 Å². The predicted octanol–water partition coefficient (Wildman–Crippen LogP) is 10.6. The Balaban J connectivity index is 1.30. The smallest absolute Gasteiger partial charge is 0.160 e. The molecule has 41 heavy (non-hydrogen) atoms. The van der Waals surface area contributed by atoms with Gasteiger partial charge >= 0.3 is 0 Å². The maximum atomic E-state index is 6.70. The monoisotopic (exact) mass is 544 g/mol. The molecule has 0 fully saturated rings. The molecule has 0 aliphatic heterocycles. The van der Waals surface area contributed by atoms with Crippen LogP contribution in [0.3, 0.4) is 0 Å². The number of aromatic nitrogens is 2. The summed E-state index contributed by atoms with van der Waals surface area (Å²) in [5.41, 5.74) is 9.29. The molecule has 0 saturated carbocycles. The topological polar surface area (TPSA) is 25.8 Å². The highest BCUT2D eigenvalue weighted by molar-refractivity contribution is 6.35. The van der Waals surface area contributed by atoms with Crippen LogP contribution in [0.2, 0.25) is 5.02 Å². The second-order valence-electron chi connectivity index (χ2n) is 9.99. The zero-order chi connectivity index (χ0) is 27.6. The van der Waals surface area contributed by atoms with Crippen molar-refractivity contribution in [2.75, 3.05) is 0 Å². The number of fused-ring (bicyclic) bond motifs is 1. The molecule has 1 heterocycles. The summed E-state index contributed by atoms with van der Waals surface area (Å²) in [5, 5.41) is 3.05. The van der Waals surface area contributed by atoms with Crippen molar-refractivity contribution in [1.82, 2.24) is 9.97 Å². The van der Waals surface area contributed by atoms with Crippen LogP contribution in [-0.4, -0.2) is 9.97 Å². The van der Waals surface area contributed by atoms with Crippen molar-refractivity contribution in [2.45, 2.75) is 0 Å². The lowest BCUT2D eigenvalue weighted by Crippen LogP contribution is -1.96. The molecular weight excluding hydrogens is 520 g/mol. The van der Waals surface area contributed by atoms with E-state index in [4.69, 9.17) is 21.6 Å². The van der Waals surface area contributed by atoms with Crippen molar-refractivity contribution < 1.29 is 0 Å². The highest BCUT2D eigenvalue weighted by atomic mass is 35.5. The Bertz CT molecular complexity index is 1970. The number of nitrogens with zero attached hydrogens (tertiary/aromatic N) is 2. The maximum Gasteiger partial charge on any atom is 0.160 e. The molecule has 0 atom stereocenters. The number of halogens is 1. The summed E-state index contributed by atoms with van der Waals surface area (Å²) in [6.07, 6.45) is 0. The summed E-state index contributed by atoms with van der Waals surface area (Å²) < 4.78 is 0. The molecule has 1 aromatic heterocycles. The van der Waals surface area contributed by atoms with E-state index < -0.39 is 0 Å². The summed E-state index contributed by atoms with van der Waals surface area (Å²) in [5.74, 6) is 0.700. The molecule has 2 nitrogen and oxygen atoms in total. The van der Waals surface area contributed by atoms with Gasteiger partial charge < -0.3 is 0 Å². The van der Waals surface area contributed by atoms with Crippen LogP contribution >= 0.6 is 11.6 Å². The highest BCUT2D eigenvalue weighted by Gasteiger charge is 2.13. The second kappa shape index (κ2) is 10.8. The lowest BCUT2D eigenvalue weighted by molar-refractivity contribution is 1.18. The van der Waals surface area contributed by atoms with Gasteiger partial charge in [0.05, 0.1) is 11.4 Å². The summed E-state index contributed by atoms with van der Waals surface area (Å²) in [7, 11) is 0. The summed E-state index contributed by atoms with van der Waals surface area (Å²) in [6, 6.07) is 52.1. The minimum atomic E-state index is 0.700. The molecule has 0 N–H and O–H groups in total. The normalized spacial score (nSPS) is 11.0. The van der Waals surface area contributed by atoms with Crippen molar-refractivity contribution in [3.05, 3.63) is 157 Å². The summed E-state index contributed by atoms with van der Waals surface area (Å²) in [6.45, 7) is 0. The van der Waals surface area contributed by atoms with Gasteiger partial charge in [0.25, 0.3) is 0 Å². The third kappa shape index (κ3) is 5.02. The van der Waals surface area contributed by atoms with Crippen molar-refractivity contribution in [2.24, 2.45) is 0 Å². The number of hydrogen-bond acceptors (Lipinski definition) is 2. The van der Waals surface area contributed by atoms with Crippen LogP contribution in [-0.2, 0) is 0 Å². The number of hydrogen-bond donors (Lipinski definition) is 0. The SMILES string of the molecule is Clc1ccc2ccccc2c1-c1ccc(-c2cc(-c3ccc(-c4ccccc4)cc3)nc(-c3ccccc3)n2)cc1. The van der Waals surface area contributed by atoms with Gasteiger partial charge in [-0.1, -0.05) is 151 Å². The Morgan fingerprint density at radius 3 is 1.51 bits per heavy atom. The Hall–Kier alpha value is -5.05. The van der Waals surface area contributed by atoms with Crippen molar-refractivity contribution in [3.8, 4) is 56.2 Å². The van der Waals surface area contributed by atoms with Crippen LogP contribution < -0.4 is 0 Å². The number of rotatable bonds is 5. The molecule has 194 valence electrons. The van der Waals surface area contributed by atoms with E-state index in [1.807, 2.05) is 42.5 Å². The van der Waals surface area contributed by atoms with Crippen LogP contribution in [0, 0.1) is 0 Å². The standard InChI is InChI=1S/C38H25ClN2/c39-34-24-23-28-11-7-8-14-33(28)37(34)31-21-19-30(20-22-31)36-25-35(40-38(41-36)32-12-5-2-6-13-32)29-17-15-27(16-18-29)26-9-3-1-4-10-26/h1-25H. The molecule has 0 unspecified atom stereocenters. The zero-order valence-corrected chi connectivity index (χ0v) is 23.0. The van der Waals surface area contributed by atoms with Gasteiger partial charge in [-0.05, 0) is 39.6 Å². The molecule has 6 aromatic carbocycles. The molecule has 0 radical (unpaired) electrons. The molecule has 0 saturated heterocycles. The second-order valence-corrected chi connectivity index (χ2v) is 10.4. The predicted molar refractivity (Wildman–Crippen MR) is 172 cm³/mol. The van der Waals surface area contributed by atoms with E-state index in [0.717, 1.165) is 49.6 Å². The third-order valence-corrected chi connectivity index (χ3v) is 7.71. The summed E-state index contributed by atoms with van der Waals surface area (Å²) >= 11 is 6.70. The van der Waals surface area contributed by atoms with Crippen LogP contribution in [0.5, 0.6) is 0 Å². The fourth-order valence-electron chi connectivity index (χ4n) is 5.27. The first-order chi connectivity index (χ1) is 20.2. The van der Waals surface area contributed by atoms with Gasteiger partial charge in [0.2, 0.25) is 0 Å². The Morgan fingerprint density at radius 2 is 0.878 bits per heavy atom. The quantitative estimate of drug-likeness (QED) is 0.215. The van der Waals surface area contributed by atoms with Gasteiger partial charge in [-0.2, -0.15) is 0 Å². The average Bonchev–Trinajstić information content (AvgIpc) is 3.05. The van der Waals surface area contributed by atoms with Gasteiger partial charge in [-0.3, -0.25) is 0 Å². The molecule has 3 heteroatoms. The van der Waals surface area contributed by atoms with E-state index in [1.165, 1.54) is 16.5 Å². The molecular formula is C38H25ClN2. The van der Waals surface area contributed by atoms with E-state index in [-0.39, 0.29) is 0 Å². The molecule has 7 rings (SSSR count). The van der Waals surface area contributed by atoms with Gasteiger partial charge in [-0.25, -0.2) is 9.97 Å². The van der Waals surface area contributed by atoms with E-state index >= 15 is 0 Å². The highest BCUT2D eigenvalue weighted by Crippen LogP contribution is 2.36. The first-order valence-electron chi connectivity index (χ1n) is 13.6. The van der Waals surface area contributed by atoms with E-state index in [0.29, 0.717) is 5.82 Å². The Kier molecular flexibility index (Phi) is 6.60. The van der Waals surface area contributed by atoms with Crippen molar-refractivity contribution in [1.29, 1.82) is 0 Å². The minimum Gasteiger partial charge on any atom is -0.228 e. The average molecular weight is 545 g/mol. The molecule has 0 spiro atoms. The van der Waals surface area contributed by atoms with Gasteiger partial charge in [0.1, 0.15) is 0 Å². The van der Waals surface area contributed by atoms with Gasteiger partial charge in [0.15, 0.2) is 5.82 Å². The van der Waals surface area contributed by atoms with E-state index in [1.54, 1.807) is 0 Å². The maximum absolute atomic E-state index is 6.70. The van der Waals surface area contributed by atoms with Crippen molar-refractivity contribution in [3.63, 3.8) is 0 Å². The Labute approximate surface area is 244 Å². The van der Waals surface area contributed by atoms with Crippen LogP contribution in [0.4, 0.5) is 0 Å². The largest absolute Gasteiger partial charge is 0.228 e. The van der Waals surface area contributed by atoms with Gasteiger partial charge in [0, 0.05) is 27.3 Å². The third-order valence-electron chi connectivity index (χ3n) is 7.39. The number of benzene rings is 6. The Morgan fingerprint density at radius 1 is 0.390 bits per heavy atom. The summed E-state index contributed by atoms with van der Waals surface area (Å²) in [4.78, 5) is 9.98. The van der Waals surface area contributed by atoms with Crippen LogP contribution in [0.25, 0.3) is 66.9 Å². The molecule has 0 aliphatic carbocycles. The first-order valence-corrected chi connectivity index (χ1v) is 14.0. The van der Waals surface area contributed by atoms with E-state index in [2.05, 4.69) is 109 Å². The minimum absolute atomic E-state index is 0.700. The molecule has 0 amide bonds. The first kappa shape index (κ1) is 25.0. The fraction of sp³-hybridized carbons (Fsp3) is 0. The van der Waals surface area contributed by atoms with Gasteiger partial charge in [-0.15, -0.1) is 0 Å².